The predicted molar refractivity (Wildman–Crippen MR) is 38.1 cm³/mol. The van der Waals surface area contributed by atoms with Gasteiger partial charge in [-0.2, -0.15) is 0 Å². The molecular weight excluding hydrogens is 124 g/mol. The molecule has 0 amide bonds. The van der Waals surface area contributed by atoms with Crippen LogP contribution < -0.4 is 0 Å². The Labute approximate surface area is 51.5 Å². The fraction of sp³-hybridized carbons (Fsp3) is 0.200. The Bertz CT molecular complexity index is 124. The van der Waals surface area contributed by atoms with E-state index in [9.17, 15) is 0 Å². The lowest BCUT2D eigenvalue weighted by molar-refractivity contribution is 1.69. The largest absolute Gasteiger partial charge is 0.0845 e. The second-order valence-corrected chi connectivity index (χ2v) is 3.89. The van der Waals surface area contributed by atoms with Gasteiger partial charge < -0.3 is 0 Å². The van der Waals surface area contributed by atoms with Crippen molar-refractivity contribution >= 4 is 21.6 Å². The molecule has 0 spiro atoms. The summed E-state index contributed by atoms with van der Waals surface area (Å²) in [5.74, 6) is 0. The minimum Gasteiger partial charge on any atom is -0.0845 e. The second-order valence-electron chi connectivity index (χ2n) is 1.39. The first-order valence-corrected chi connectivity index (χ1v) is 4.16. The summed E-state index contributed by atoms with van der Waals surface area (Å²) in [6.45, 7) is 5.86. The first-order chi connectivity index (χ1) is 3.29. The molecule has 0 unspecified atom stereocenters. The highest BCUT2D eigenvalue weighted by Crippen LogP contribution is 2.42. The maximum Gasteiger partial charge on any atom is 0.0122 e. The third kappa shape index (κ3) is 1.28. The van der Waals surface area contributed by atoms with Gasteiger partial charge in [0.15, 0.2) is 0 Å². The van der Waals surface area contributed by atoms with Crippen molar-refractivity contribution < 1.29 is 0 Å². The topological polar surface area (TPSA) is 0 Å². The van der Waals surface area contributed by atoms with E-state index >= 15 is 0 Å². The number of hydrogen-bond acceptors (Lipinski definition) is 2. The summed E-state index contributed by atoms with van der Waals surface area (Å²) in [5, 5.41) is 0. The minimum absolute atomic E-state index is 1.17. The average Bonchev–Trinajstić information content (AvgIpc) is 1.87. The van der Waals surface area contributed by atoms with Crippen molar-refractivity contribution in [1.29, 1.82) is 0 Å². The zero-order chi connectivity index (χ0) is 5.28. The number of hydrogen-bond donors (Lipinski definition) is 0. The Hall–Kier alpha value is 0.180. The number of allylic oxidation sites excluding steroid dienone is 2. The molecule has 1 aliphatic heterocycles. The molecule has 0 aliphatic carbocycles. The summed E-state index contributed by atoms with van der Waals surface area (Å²) in [5.41, 5.74) is 0. The molecule has 1 aliphatic rings. The van der Waals surface area contributed by atoms with Crippen molar-refractivity contribution in [2.75, 3.05) is 0 Å². The van der Waals surface area contributed by atoms with Crippen LogP contribution in [0.1, 0.15) is 6.92 Å². The van der Waals surface area contributed by atoms with Crippen LogP contribution in [0.15, 0.2) is 22.5 Å². The zero-order valence-electron chi connectivity index (χ0n) is 4.10. The first-order valence-electron chi connectivity index (χ1n) is 2.01. The van der Waals surface area contributed by atoms with E-state index in [4.69, 9.17) is 0 Å². The lowest BCUT2D eigenvalue weighted by atomic mass is 10.5. The normalized spacial score (nSPS) is 20.1. The summed E-state index contributed by atoms with van der Waals surface area (Å²) in [7, 11) is 3.52. The van der Waals surface area contributed by atoms with E-state index in [0.29, 0.717) is 0 Å². The van der Waals surface area contributed by atoms with Crippen LogP contribution in [0.4, 0.5) is 0 Å². The summed E-state index contributed by atoms with van der Waals surface area (Å²) in [4.78, 5) is 2.53. The molecule has 7 heavy (non-hydrogen) atoms. The minimum atomic E-state index is 1.17. The molecule has 0 saturated heterocycles. The average molecular weight is 130 g/mol. The molecule has 0 aromatic heterocycles. The fourth-order valence-corrected chi connectivity index (χ4v) is 2.13. The molecule has 1 heterocycles. The van der Waals surface area contributed by atoms with Gasteiger partial charge in [0, 0.05) is 4.91 Å². The maximum absolute atomic E-state index is 3.77. The van der Waals surface area contributed by atoms with E-state index in [1.54, 1.807) is 21.6 Å². The summed E-state index contributed by atoms with van der Waals surface area (Å²) in [6.07, 6.45) is 2.09. The lowest BCUT2D eigenvalue weighted by Crippen LogP contribution is -1.50. The van der Waals surface area contributed by atoms with Gasteiger partial charge in [-0.05, 0) is 17.9 Å². The molecule has 0 saturated carbocycles. The van der Waals surface area contributed by atoms with E-state index in [1.165, 1.54) is 9.81 Å². The molecule has 0 aromatic carbocycles. The molecule has 0 nitrogen and oxygen atoms in total. The van der Waals surface area contributed by atoms with E-state index in [2.05, 4.69) is 19.6 Å². The van der Waals surface area contributed by atoms with Crippen molar-refractivity contribution in [1.82, 2.24) is 0 Å². The second kappa shape index (κ2) is 1.97. The van der Waals surface area contributed by atoms with Gasteiger partial charge >= 0.3 is 0 Å². The molecule has 0 aromatic rings. The van der Waals surface area contributed by atoms with Crippen molar-refractivity contribution in [2.45, 2.75) is 6.92 Å². The Balaban J connectivity index is 2.67. The Kier molecular flexibility index (Phi) is 1.50. The highest BCUT2D eigenvalue weighted by atomic mass is 33.1. The Morgan fingerprint density at radius 1 is 1.57 bits per heavy atom. The molecule has 1 rings (SSSR count). The van der Waals surface area contributed by atoms with Crippen LogP contribution in [0.2, 0.25) is 0 Å². The molecule has 0 fully saturated rings. The fourth-order valence-electron chi connectivity index (χ4n) is 0.394. The van der Waals surface area contributed by atoms with Crippen LogP contribution in [0.25, 0.3) is 0 Å². The molecule has 2 heteroatoms. The van der Waals surface area contributed by atoms with E-state index < -0.39 is 0 Å². The Morgan fingerprint density at radius 2 is 2.29 bits per heavy atom. The highest BCUT2D eigenvalue weighted by Gasteiger charge is 2.02. The van der Waals surface area contributed by atoms with Crippen molar-refractivity contribution in [3.05, 3.63) is 22.5 Å². The molecule has 0 bridgehead atoms. The first kappa shape index (κ1) is 5.32. The molecule has 0 N–H and O–H groups in total. The molecular formula is C5H6S2. The molecule has 0 radical (unpaired) electrons. The highest BCUT2D eigenvalue weighted by molar-refractivity contribution is 8.80. The smallest absolute Gasteiger partial charge is 0.0122 e. The van der Waals surface area contributed by atoms with Crippen LogP contribution in [-0.4, -0.2) is 0 Å². The van der Waals surface area contributed by atoms with Gasteiger partial charge in [0.1, 0.15) is 0 Å². The summed E-state index contributed by atoms with van der Waals surface area (Å²) < 4.78 is 0. The van der Waals surface area contributed by atoms with Crippen LogP contribution in [0.5, 0.6) is 0 Å². The van der Waals surface area contributed by atoms with Crippen LogP contribution in [0.3, 0.4) is 0 Å². The van der Waals surface area contributed by atoms with Gasteiger partial charge in [0.2, 0.25) is 0 Å². The molecule has 38 valence electrons. The zero-order valence-corrected chi connectivity index (χ0v) is 5.73. The quantitative estimate of drug-likeness (QED) is 0.462. The predicted octanol–water partition coefficient (Wildman–Crippen LogP) is 2.80. The standard InChI is InChI=1S/C5H6S2/c1-4-3-5(2)7-6-4/h3H,1H2,2H3. The van der Waals surface area contributed by atoms with Crippen molar-refractivity contribution in [2.24, 2.45) is 0 Å². The SMILES string of the molecule is C=C1C=C(C)SS1. The van der Waals surface area contributed by atoms with Crippen LogP contribution in [-0.2, 0) is 0 Å². The van der Waals surface area contributed by atoms with Gasteiger partial charge in [-0.3, -0.25) is 0 Å². The van der Waals surface area contributed by atoms with Crippen LogP contribution in [0, 0.1) is 0 Å². The summed E-state index contributed by atoms with van der Waals surface area (Å²) >= 11 is 0. The van der Waals surface area contributed by atoms with Crippen LogP contribution >= 0.6 is 21.6 Å². The monoisotopic (exact) mass is 130 g/mol. The van der Waals surface area contributed by atoms with Crippen molar-refractivity contribution in [3.8, 4) is 0 Å². The van der Waals surface area contributed by atoms with Gasteiger partial charge in [0.05, 0.1) is 0 Å². The van der Waals surface area contributed by atoms with Gasteiger partial charge in [-0.25, -0.2) is 0 Å². The maximum atomic E-state index is 3.77. The van der Waals surface area contributed by atoms with Gasteiger partial charge in [-0.15, -0.1) is 0 Å². The third-order valence-electron chi connectivity index (χ3n) is 0.644. The van der Waals surface area contributed by atoms with E-state index in [0.717, 1.165) is 0 Å². The van der Waals surface area contributed by atoms with E-state index in [1.807, 2.05) is 0 Å². The lowest BCUT2D eigenvalue weighted by Gasteiger charge is -1.80. The number of rotatable bonds is 0. The van der Waals surface area contributed by atoms with Gasteiger partial charge in [-0.1, -0.05) is 28.2 Å². The third-order valence-corrected chi connectivity index (χ3v) is 3.12. The Morgan fingerprint density at radius 3 is 2.43 bits per heavy atom. The summed E-state index contributed by atoms with van der Waals surface area (Å²) in [6, 6.07) is 0. The molecule has 0 atom stereocenters. The van der Waals surface area contributed by atoms with Crippen molar-refractivity contribution in [3.63, 3.8) is 0 Å². The van der Waals surface area contributed by atoms with Gasteiger partial charge in [0.25, 0.3) is 0 Å². The van der Waals surface area contributed by atoms with E-state index in [-0.39, 0.29) is 0 Å².